The predicted molar refractivity (Wildman–Crippen MR) is 110 cm³/mol. The molecule has 1 aromatic rings. The van der Waals surface area contributed by atoms with Crippen molar-refractivity contribution < 1.29 is 29.6 Å². The summed E-state index contributed by atoms with van der Waals surface area (Å²) in [4.78, 5) is 14.1. The standard InChI is InChI=1S/C22H35NO6/c1-2-13-28-14-9-4-3-8-12-23-15-19(24)21(26)20(25)18(23)16-29-22(27)17-10-6-5-7-11-17/h5-7,10-11,18-21,24-26H,2-4,8-9,12-16H2,1H3/t18-,19+,20-,21-/m1/s1. The molecule has 1 aliphatic rings. The molecule has 0 unspecified atom stereocenters. The molecule has 0 spiro atoms. The normalized spacial score (nSPS) is 25.1. The molecule has 2 rings (SSSR count). The highest BCUT2D eigenvalue weighted by Gasteiger charge is 2.41. The molecule has 0 aliphatic carbocycles. The van der Waals surface area contributed by atoms with Crippen molar-refractivity contribution in [3.05, 3.63) is 35.9 Å². The van der Waals surface area contributed by atoms with Gasteiger partial charge in [0.05, 0.1) is 17.7 Å². The molecule has 0 bridgehead atoms. The molecule has 29 heavy (non-hydrogen) atoms. The molecule has 1 aromatic carbocycles. The molecule has 0 radical (unpaired) electrons. The fourth-order valence-corrected chi connectivity index (χ4v) is 3.55. The number of likely N-dealkylation sites (tertiary alicyclic amines) is 1. The number of benzene rings is 1. The Morgan fingerprint density at radius 2 is 1.76 bits per heavy atom. The van der Waals surface area contributed by atoms with Gasteiger partial charge >= 0.3 is 5.97 Å². The van der Waals surface area contributed by atoms with Gasteiger partial charge in [-0.05, 0) is 37.9 Å². The van der Waals surface area contributed by atoms with Gasteiger partial charge in [0.25, 0.3) is 0 Å². The van der Waals surface area contributed by atoms with Gasteiger partial charge in [0.15, 0.2) is 0 Å². The van der Waals surface area contributed by atoms with Crippen LogP contribution in [0.5, 0.6) is 0 Å². The van der Waals surface area contributed by atoms with Crippen LogP contribution in [-0.4, -0.2) is 83.5 Å². The zero-order valence-corrected chi connectivity index (χ0v) is 17.3. The van der Waals surface area contributed by atoms with Gasteiger partial charge in [-0.1, -0.05) is 38.0 Å². The van der Waals surface area contributed by atoms with Crippen molar-refractivity contribution in [2.45, 2.75) is 63.4 Å². The van der Waals surface area contributed by atoms with E-state index in [-0.39, 0.29) is 13.2 Å². The van der Waals surface area contributed by atoms with Gasteiger partial charge in [-0.15, -0.1) is 0 Å². The van der Waals surface area contributed by atoms with Crippen molar-refractivity contribution in [1.82, 2.24) is 4.90 Å². The lowest BCUT2D eigenvalue weighted by molar-refractivity contribution is -0.145. The van der Waals surface area contributed by atoms with Crippen molar-refractivity contribution in [1.29, 1.82) is 0 Å². The summed E-state index contributed by atoms with van der Waals surface area (Å²) in [5, 5.41) is 30.5. The summed E-state index contributed by atoms with van der Waals surface area (Å²) in [5.74, 6) is -0.467. The van der Waals surface area contributed by atoms with Crippen LogP contribution in [-0.2, 0) is 9.47 Å². The number of hydrogen-bond donors (Lipinski definition) is 3. The van der Waals surface area contributed by atoms with E-state index >= 15 is 0 Å². The summed E-state index contributed by atoms with van der Waals surface area (Å²) in [7, 11) is 0. The molecule has 3 N–H and O–H groups in total. The highest BCUT2D eigenvalue weighted by Crippen LogP contribution is 2.21. The maximum Gasteiger partial charge on any atom is 0.338 e. The number of piperidine rings is 1. The molecular weight excluding hydrogens is 374 g/mol. The summed E-state index contributed by atoms with van der Waals surface area (Å²) in [5.41, 5.74) is 0.440. The number of β-amino-alcohol motifs (C(OH)–C–C–N with tert-alkyl or cyclic N) is 1. The summed E-state index contributed by atoms with van der Waals surface area (Å²) >= 11 is 0. The first kappa shape index (κ1) is 23.8. The van der Waals surface area contributed by atoms with Gasteiger partial charge in [-0.25, -0.2) is 4.79 Å². The van der Waals surface area contributed by atoms with Gasteiger partial charge in [-0.2, -0.15) is 0 Å². The Balaban J connectivity index is 1.81. The Morgan fingerprint density at radius 1 is 1.03 bits per heavy atom. The van der Waals surface area contributed by atoms with Gasteiger partial charge in [0.2, 0.25) is 0 Å². The smallest absolute Gasteiger partial charge is 0.338 e. The highest BCUT2D eigenvalue weighted by molar-refractivity contribution is 5.89. The number of unbranched alkanes of at least 4 members (excludes halogenated alkanes) is 3. The molecule has 0 saturated carbocycles. The molecule has 7 nitrogen and oxygen atoms in total. The lowest BCUT2D eigenvalue weighted by Crippen LogP contribution is -2.62. The average Bonchev–Trinajstić information content (AvgIpc) is 2.74. The number of ether oxygens (including phenoxy) is 2. The van der Waals surface area contributed by atoms with Crippen LogP contribution in [0.25, 0.3) is 0 Å². The molecular formula is C22H35NO6. The zero-order chi connectivity index (χ0) is 21.1. The Bertz CT molecular complexity index is 584. The minimum Gasteiger partial charge on any atom is -0.460 e. The molecule has 7 heteroatoms. The second kappa shape index (κ2) is 12.9. The van der Waals surface area contributed by atoms with E-state index in [4.69, 9.17) is 9.47 Å². The van der Waals surface area contributed by atoms with Crippen molar-refractivity contribution >= 4 is 5.97 Å². The summed E-state index contributed by atoms with van der Waals surface area (Å²) in [6.07, 6.45) is 1.56. The van der Waals surface area contributed by atoms with Crippen molar-refractivity contribution in [2.75, 3.05) is 32.9 Å². The Morgan fingerprint density at radius 3 is 2.48 bits per heavy atom. The number of nitrogens with zero attached hydrogens (tertiary/aromatic N) is 1. The van der Waals surface area contributed by atoms with Crippen molar-refractivity contribution in [3.8, 4) is 0 Å². The molecule has 0 amide bonds. The maximum atomic E-state index is 12.2. The average molecular weight is 410 g/mol. The largest absolute Gasteiger partial charge is 0.460 e. The molecule has 164 valence electrons. The molecule has 1 fully saturated rings. The van der Waals surface area contributed by atoms with Crippen molar-refractivity contribution in [2.24, 2.45) is 0 Å². The number of hydrogen-bond acceptors (Lipinski definition) is 7. The Kier molecular flexibility index (Phi) is 10.6. The first-order chi connectivity index (χ1) is 14.0. The lowest BCUT2D eigenvalue weighted by Gasteiger charge is -2.43. The van der Waals surface area contributed by atoms with Crippen LogP contribution in [0.1, 0.15) is 49.4 Å². The predicted octanol–water partition coefficient (Wildman–Crippen LogP) is 1.60. The van der Waals surface area contributed by atoms with Gasteiger partial charge in [-0.3, -0.25) is 4.90 Å². The van der Waals surface area contributed by atoms with Gasteiger partial charge < -0.3 is 24.8 Å². The Hall–Kier alpha value is -1.51. The van der Waals surface area contributed by atoms with Crippen LogP contribution in [0.15, 0.2) is 30.3 Å². The van der Waals surface area contributed by atoms with Crippen LogP contribution >= 0.6 is 0 Å². The van der Waals surface area contributed by atoms with E-state index in [1.54, 1.807) is 24.3 Å². The molecule has 1 aliphatic heterocycles. The summed E-state index contributed by atoms with van der Waals surface area (Å²) < 4.78 is 10.9. The summed E-state index contributed by atoms with van der Waals surface area (Å²) in [6, 6.07) is 8.11. The summed E-state index contributed by atoms with van der Waals surface area (Å²) in [6.45, 7) is 4.53. The number of rotatable bonds is 12. The number of carbonyl (C=O) groups excluding carboxylic acids is 1. The first-order valence-corrected chi connectivity index (χ1v) is 10.6. The van der Waals surface area contributed by atoms with E-state index in [1.165, 1.54) is 0 Å². The third kappa shape index (κ3) is 7.68. The SMILES string of the molecule is CCCOCCCCCCN1C[C@H](O)[C@@H](O)[C@H](O)[C@H]1COC(=O)c1ccccc1. The molecule has 0 aromatic heterocycles. The molecule has 4 atom stereocenters. The van der Waals surface area contributed by atoms with Gasteiger partial charge in [0.1, 0.15) is 18.8 Å². The Labute approximate surface area is 173 Å². The van der Waals surface area contributed by atoms with Crippen LogP contribution in [0.4, 0.5) is 0 Å². The van der Waals surface area contributed by atoms with E-state index in [0.717, 1.165) is 45.3 Å². The first-order valence-electron chi connectivity index (χ1n) is 10.6. The monoisotopic (exact) mass is 409 g/mol. The van der Waals surface area contributed by atoms with Crippen molar-refractivity contribution in [3.63, 3.8) is 0 Å². The number of aliphatic hydroxyl groups excluding tert-OH is 3. The van der Waals surface area contributed by atoms with E-state index < -0.39 is 30.3 Å². The quantitative estimate of drug-likeness (QED) is 0.356. The number of esters is 1. The molecule has 1 heterocycles. The number of aliphatic hydroxyl groups is 3. The minimum absolute atomic E-state index is 0.0382. The topological polar surface area (TPSA) is 99.5 Å². The fraction of sp³-hybridized carbons (Fsp3) is 0.682. The van der Waals surface area contributed by atoms with E-state index in [2.05, 4.69) is 6.92 Å². The van der Waals surface area contributed by atoms with Crippen LogP contribution in [0.2, 0.25) is 0 Å². The van der Waals surface area contributed by atoms with Crippen LogP contribution < -0.4 is 0 Å². The third-order valence-corrected chi connectivity index (χ3v) is 5.26. The highest BCUT2D eigenvalue weighted by atomic mass is 16.5. The zero-order valence-electron chi connectivity index (χ0n) is 17.3. The lowest BCUT2D eigenvalue weighted by atomic mass is 9.94. The van der Waals surface area contributed by atoms with Crippen LogP contribution in [0.3, 0.4) is 0 Å². The second-order valence-corrected chi connectivity index (χ2v) is 7.60. The van der Waals surface area contributed by atoms with E-state index in [0.29, 0.717) is 12.1 Å². The van der Waals surface area contributed by atoms with E-state index in [9.17, 15) is 20.1 Å². The third-order valence-electron chi connectivity index (χ3n) is 5.26. The minimum atomic E-state index is -1.25. The fourth-order valence-electron chi connectivity index (χ4n) is 3.55. The second-order valence-electron chi connectivity index (χ2n) is 7.60. The van der Waals surface area contributed by atoms with Gasteiger partial charge in [0, 0.05) is 19.8 Å². The maximum absolute atomic E-state index is 12.2. The molecule has 1 saturated heterocycles. The van der Waals surface area contributed by atoms with E-state index in [1.807, 2.05) is 11.0 Å². The van der Waals surface area contributed by atoms with Crippen LogP contribution in [0, 0.1) is 0 Å². The number of carbonyl (C=O) groups is 1.